The second kappa shape index (κ2) is 6.83. The van der Waals surface area contributed by atoms with Crippen LogP contribution in [0, 0.1) is 13.8 Å². The molecule has 0 aliphatic carbocycles. The van der Waals surface area contributed by atoms with Crippen molar-refractivity contribution in [1.29, 1.82) is 0 Å². The van der Waals surface area contributed by atoms with E-state index < -0.39 is 0 Å². The van der Waals surface area contributed by atoms with Gasteiger partial charge in [0.1, 0.15) is 0 Å². The third kappa shape index (κ3) is 4.18. The van der Waals surface area contributed by atoms with Crippen LogP contribution < -0.4 is 5.32 Å². The van der Waals surface area contributed by atoms with Gasteiger partial charge in [0.2, 0.25) is 5.91 Å². The van der Waals surface area contributed by atoms with Crippen molar-refractivity contribution in [3.63, 3.8) is 0 Å². The first kappa shape index (κ1) is 14.2. The van der Waals surface area contributed by atoms with Gasteiger partial charge >= 0.3 is 0 Å². The number of nitrogens with zero attached hydrogens (tertiary/aromatic N) is 5. The Hall–Kier alpha value is -2.18. The standard InChI is InChI=1S/C13H20N6O/c1-11-10-12(2)19(16-11)7-3-4-13(20)14-5-8-18-9-6-15-17-18/h6,9-10H,3-5,7-8H2,1-2H3,(H,14,20). The summed E-state index contributed by atoms with van der Waals surface area (Å²) >= 11 is 0. The monoisotopic (exact) mass is 276 g/mol. The zero-order valence-corrected chi connectivity index (χ0v) is 11.9. The van der Waals surface area contributed by atoms with Crippen molar-refractivity contribution < 1.29 is 4.79 Å². The van der Waals surface area contributed by atoms with Gasteiger partial charge in [0, 0.05) is 31.4 Å². The van der Waals surface area contributed by atoms with E-state index in [-0.39, 0.29) is 5.91 Å². The molecular weight excluding hydrogens is 256 g/mol. The minimum Gasteiger partial charge on any atom is -0.354 e. The lowest BCUT2D eigenvalue weighted by Gasteiger charge is -2.06. The van der Waals surface area contributed by atoms with E-state index in [4.69, 9.17) is 0 Å². The lowest BCUT2D eigenvalue weighted by Crippen LogP contribution is -2.27. The molecule has 0 aliphatic rings. The van der Waals surface area contributed by atoms with Gasteiger partial charge in [0.05, 0.1) is 18.4 Å². The Balaban J connectivity index is 1.61. The number of hydrogen-bond acceptors (Lipinski definition) is 4. The molecule has 2 aromatic heterocycles. The Kier molecular flexibility index (Phi) is 4.86. The van der Waals surface area contributed by atoms with Crippen molar-refractivity contribution in [3.8, 4) is 0 Å². The highest BCUT2D eigenvalue weighted by Gasteiger charge is 2.04. The largest absolute Gasteiger partial charge is 0.354 e. The average Bonchev–Trinajstić information content (AvgIpc) is 3.00. The molecule has 0 aromatic carbocycles. The first-order chi connectivity index (χ1) is 9.65. The van der Waals surface area contributed by atoms with Crippen LogP contribution in [0.1, 0.15) is 24.2 Å². The van der Waals surface area contributed by atoms with Gasteiger partial charge in [-0.3, -0.25) is 14.2 Å². The third-order valence-corrected chi connectivity index (χ3v) is 3.01. The fourth-order valence-corrected chi connectivity index (χ4v) is 2.04. The quantitative estimate of drug-likeness (QED) is 0.807. The Morgan fingerprint density at radius 1 is 1.35 bits per heavy atom. The smallest absolute Gasteiger partial charge is 0.220 e. The predicted molar refractivity (Wildman–Crippen MR) is 74.0 cm³/mol. The summed E-state index contributed by atoms with van der Waals surface area (Å²) in [4.78, 5) is 11.7. The summed E-state index contributed by atoms with van der Waals surface area (Å²) in [6, 6.07) is 2.04. The number of hydrogen-bond donors (Lipinski definition) is 1. The lowest BCUT2D eigenvalue weighted by molar-refractivity contribution is -0.121. The molecule has 1 N–H and O–H groups in total. The minimum absolute atomic E-state index is 0.0617. The van der Waals surface area contributed by atoms with Crippen molar-refractivity contribution in [3.05, 3.63) is 29.8 Å². The van der Waals surface area contributed by atoms with Crippen LogP contribution in [0.5, 0.6) is 0 Å². The van der Waals surface area contributed by atoms with E-state index in [1.165, 1.54) is 0 Å². The van der Waals surface area contributed by atoms with Crippen molar-refractivity contribution in [2.75, 3.05) is 6.54 Å². The molecule has 2 rings (SSSR count). The number of amides is 1. The molecule has 7 nitrogen and oxygen atoms in total. The predicted octanol–water partition coefficient (Wildman–Crippen LogP) is 0.688. The number of nitrogens with one attached hydrogen (secondary N) is 1. The molecule has 1 amide bonds. The van der Waals surface area contributed by atoms with Gasteiger partial charge in [-0.15, -0.1) is 5.10 Å². The Labute approximate surface area is 118 Å². The molecular formula is C13H20N6O. The van der Waals surface area contributed by atoms with Crippen molar-refractivity contribution >= 4 is 5.91 Å². The van der Waals surface area contributed by atoms with Crippen molar-refractivity contribution in [2.24, 2.45) is 0 Å². The van der Waals surface area contributed by atoms with E-state index in [0.29, 0.717) is 19.5 Å². The number of carbonyl (C=O) groups is 1. The molecule has 0 bridgehead atoms. The maximum Gasteiger partial charge on any atom is 0.220 e. The molecule has 0 atom stereocenters. The number of carbonyl (C=O) groups excluding carboxylic acids is 1. The zero-order chi connectivity index (χ0) is 14.4. The van der Waals surface area contributed by atoms with Crippen LogP contribution in [0.2, 0.25) is 0 Å². The van der Waals surface area contributed by atoms with Crippen LogP contribution in [0.15, 0.2) is 18.5 Å². The topological polar surface area (TPSA) is 77.6 Å². The van der Waals surface area contributed by atoms with Gasteiger partial charge in [-0.25, -0.2) is 0 Å². The zero-order valence-electron chi connectivity index (χ0n) is 11.9. The highest BCUT2D eigenvalue weighted by molar-refractivity contribution is 5.75. The van der Waals surface area contributed by atoms with Gasteiger partial charge in [-0.05, 0) is 26.3 Å². The van der Waals surface area contributed by atoms with E-state index in [1.54, 1.807) is 17.1 Å². The Morgan fingerprint density at radius 2 is 2.20 bits per heavy atom. The second-order valence-corrected chi connectivity index (χ2v) is 4.77. The summed E-state index contributed by atoms with van der Waals surface area (Å²) in [5, 5.41) is 14.8. The SMILES string of the molecule is Cc1cc(C)n(CCCC(=O)NCCn2ccnn2)n1. The second-order valence-electron chi connectivity index (χ2n) is 4.77. The molecule has 0 saturated heterocycles. The summed E-state index contributed by atoms with van der Waals surface area (Å²) in [5.41, 5.74) is 2.15. The highest BCUT2D eigenvalue weighted by atomic mass is 16.1. The van der Waals surface area contributed by atoms with Crippen LogP contribution in [0.4, 0.5) is 0 Å². The minimum atomic E-state index is 0.0617. The van der Waals surface area contributed by atoms with E-state index in [0.717, 1.165) is 24.4 Å². The summed E-state index contributed by atoms with van der Waals surface area (Å²) in [7, 11) is 0. The van der Waals surface area contributed by atoms with E-state index >= 15 is 0 Å². The lowest BCUT2D eigenvalue weighted by atomic mass is 10.3. The Bertz CT molecular complexity index is 545. The molecule has 0 fully saturated rings. The fraction of sp³-hybridized carbons (Fsp3) is 0.538. The van der Waals surface area contributed by atoms with Gasteiger partial charge in [-0.1, -0.05) is 5.21 Å². The van der Waals surface area contributed by atoms with Gasteiger partial charge in [0.15, 0.2) is 0 Å². The molecule has 20 heavy (non-hydrogen) atoms. The highest BCUT2D eigenvalue weighted by Crippen LogP contribution is 2.03. The molecule has 7 heteroatoms. The maximum atomic E-state index is 11.7. The molecule has 0 unspecified atom stereocenters. The molecule has 0 saturated carbocycles. The van der Waals surface area contributed by atoms with Gasteiger partial charge in [-0.2, -0.15) is 5.10 Å². The summed E-state index contributed by atoms with van der Waals surface area (Å²) in [5.74, 6) is 0.0617. The maximum absolute atomic E-state index is 11.7. The van der Waals surface area contributed by atoms with Gasteiger partial charge in [0.25, 0.3) is 0 Å². The van der Waals surface area contributed by atoms with Crippen LogP contribution in [-0.2, 0) is 17.9 Å². The first-order valence-corrected chi connectivity index (χ1v) is 6.77. The van der Waals surface area contributed by atoms with Gasteiger partial charge < -0.3 is 5.32 Å². The summed E-state index contributed by atoms with van der Waals surface area (Å²) in [6.07, 6.45) is 4.69. The van der Waals surface area contributed by atoms with Crippen LogP contribution in [0.3, 0.4) is 0 Å². The normalized spacial score (nSPS) is 10.7. The molecule has 2 aromatic rings. The number of aryl methyl sites for hydroxylation is 3. The molecule has 2 heterocycles. The number of rotatable bonds is 7. The van der Waals surface area contributed by atoms with Crippen LogP contribution in [0.25, 0.3) is 0 Å². The summed E-state index contributed by atoms with van der Waals surface area (Å²) in [6.45, 7) is 5.99. The molecule has 0 radical (unpaired) electrons. The van der Waals surface area contributed by atoms with Crippen LogP contribution >= 0.6 is 0 Å². The van der Waals surface area contributed by atoms with Crippen molar-refractivity contribution in [2.45, 2.75) is 39.8 Å². The fourth-order valence-electron chi connectivity index (χ4n) is 2.04. The third-order valence-electron chi connectivity index (χ3n) is 3.01. The molecule has 0 aliphatic heterocycles. The Morgan fingerprint density at radius 3 is 2.85 bits per heavy atom. The molecule has 0 spiro atoms. The van der Waals surface area contributed by atoms with Crippen LogP contribution in [-0.4, -0.2) is 37.2 Å². The van der Waals surface area contributed by atoms with Crippen molar-refractivity contribution in [1.82, 2.24) is 30.1 Å². The summed E-state index contributed by atoms with van der Waals surface area (Å²) < 4.78 is 3.63. The number of aromatic nitrogens is 5. The van der Waals surface area contributed by atoms with E-state index in [1.807, 2.05) is 24.6 Å². The van der Waals surface area contributed by atoms with E-state index in [9.17, 15) is 4.79 Å². The van der Waals surface area contributed by atoms with E-state index in [2.05, 4.69) is 20.7 Å². The molecule has 108 valence electrons. The average molecular weight is 276 g/mol. The first-order valence-electron chi connectivity index (χ1n) is 6.77.